The number of rotatable bonds is 8. The number of carbonyl (C=O) groups is 1. The standard InChI is InChI=1S/C15H23ClN2OS/c1-11(2)7-9-20-8-3-4-15(19)18-14-6-5-12(17)10-13(14)16/h5-6,10-11H,3-4,7-9,17H2,1-2H3,(H,18,19). The third kappa shape index (κ3) is 7.06. The van der Waals surface area contributed by atoms with Crippen molar-refractivity contribution in [2.24, 2.45) is 5.92 Å². The van der Waals surface area contributed by atoms with Gasteiger partial charge < -0.3 is 11.1 Å². The van der Waals surface area contributed by atoms with Crippen molar-refractivity contribution in [3.63, 3.8) is 0 Å². The average molecular weight is 315 g/mol. The van der Waals surface area contributed by atoms with Gasteiger partial charge in [0.1, 0.15) is 0 Å². The Morgan fingerprint density at radius 1 is 1.40 bits per heavy atom. The van der Waals surface area contributed by atoms with Gasteiger partial charge in [0.15, 0.2) is 0 Å². The highest BCUT2D eigenvalue weighted by atomic mass is 35.5. The molecule has 1 aromatic carbocycles. The fourth-order valence-corrected chi connectivity index (χ4v) is 3.03. The maximum absolute atomic E-state index is 11.8. The quantitative estimate of drug-likeness (QED) is 0.551. The zero-order valence-electron chi connectivity index (χ0n) is 12.1. The average Bonchev–Trinajstić information content (AvgIpc) is 2.36. The highest BCUT2D eigenvalue weighted by Gasteiger charge is 2.06. The van der Waals surface area contributed by atoms with Gasteiger partial charge in [0.05, 0.1) is 10.7 Å². The van der Waals surface area contributed by atoms with E-state index in [1.807, 2.05) is 11.8 Å². The summed E-state index contributed by atoms with van der Waals surface area (Å²) in [4.78, 5) is 11.8. The van der Waals surface area contributed by atoms with Crippen LogP contribution in [0.25, 0.3) is 0 Å². The van der Waals surface area contributed by atoms with E-state index in [0.29, 0.717) is 22.8 Å². The van der Waals surface area contributed by atoms with E-state index >= 15 is 0 Å². The second-order valence-electron chi connectivity index (χ2n) is 5.19. The van der Waals surface area contributed by atoms with Crippen LogP contribution in [0.3, 0.4) is 0 Å². The molecular formula is C15H23ClN2OS. The molecule has 1 amide bonds. The summed E-state index contributed by atoms with van der Waals surface area (Å²) in [7, 11) is 0. The van der Waals surface area contributed by atoms with E-state index in [1.165, 1.54) is 12.2 Å². The van der Waals surface area contributed by atoms with Gasteiger partial charge in [0.2, 0.25) is 5.91 Å². The lowest BCUT2D eigenvalue weighted by molar-refractivity contribution is -0.116. The molecule has 0 fully saturated rings. The van der Waals surface area contributed by atoms with Gasteiger partial charge in [-0.15, -0.1) is 0 Å². The number of amides is 1. The molecule has 0 spiro atoms. The molecule has 0 aliphatic heterocycles. The Labute approximate surface area is 130 Å². The Morgan fingerprint density at radius 2 is 2.15 bits per heavy atom. The van der Waals surface area contributed by atoms with Crippen molar-refractivity contribution >= 4 is 40.6 Å². The molecule has 0 heterocycles. The van der Waals surface area contributed by atoms with E-state index in [4.69, 9.17) is 17.3 Å². The van der Waals surface area contributed by atoms with Crippen LogP contribution >= 0.6 is 23.4 Å². The van der Waals surface area contributed by atoms with Crippen molar-refractivity contribution in [1.82, 2.24) is 0 Å². The zero-order valence-corrected chi connectivity index (χ0v) is 13.7. The highest BCUT2D eigenvalue weighted by molar-refractivity contribution is 7.99. The summed E-state index contributed by atoms with van der Waals surface area (Å²) in [5, 5.41) is 3.29. The maximum atomic E-state index is 11.8. The van der Waals surface area contributed by atoms with Crippen LogP contribution in [0, 0.1) is 5.92 Å². The minimum absolute atomic E-state index is 0.00105. The predicted molar refractivity (Wildman–Crippen MR) is 90.5 cm³/mol. The van der Waals surface area contributed by atoms with Gasteiger partial charge in [-0.2, -0.15) is 11.8 Å². The van der Waals surface area contributed by atoms with E-state index in [0.717, 1.165) is 18.1 Å². The summed E-state index contributed by atoms with van der Waals surface area (Å²) in [6.07, 6.45) is 2.65. The predicted octanol–water partition coefficient (Wildman–Crippen LogP) is 4.42. The third-order valence-electron chi connectivity index (χ3n) is 2.80. The van der Waals surface area contributed by atoms with Crippen molar-refractivity contribution < 1.29 is 4.79 Å². The molecule has 0 saturated carbocycles. The molecule has 3 N–H and O–H groups in total. The Bertz CT molecular complexity index is 438. The molecule has 0 unspecified atom stereocenters. The number of hydrogen-bond donors (Lipinski definition) is 2. The first kappa shape index (κ1) is 17.2. The molecule has 1 aromatic rings. The van der Waals surface area contributed by atoms with Crippen molar-refractivity contribution in [3.8, 4) is 0 Å². The minimum atomic E-state index is 0.00105. The Hall–Kier alpha value is -0.870. The number of nitrogens with two attached hydrogens (primary N) is 1. The lowest BCUT2D eigenvalue weighted by Crippen LogP contribution is -2.12. The molecule has 0 radical (unpaired) electrons. The van der Waals surface area contributed by atoms with Gasteiger partial charge >= 0.3 is 0 Å². The lowest BCUT2D eigenvalue weighted by Gasteiger charge is -2.08. The molecule has 20 heavy (non-hydrogen) atoms. The van der Waals surface area contributed by atoms with Gasteiger partial charge in [-0.3, -0.25) is 4.79 Å². The molecule has 0 aliphatic carbocycles. The van der Waals surface area contributed by atoms with Gasteiger partial charge in [-0.1, -0.05) is 25.4 Å². The van der Waals surface area contributed by atoms with Crippen LogP contribution in [0.4, 0.5) is 11.4 Å². The van der Waals surface area contributed by atoms with Crippen LogP contribution < -0.4 is 11.1 Å². The molecule has 0 aliphatic rings. The molecule has 0 saturated heterocycles. The van der Waals surface area contributed by atoms with Crippen LogP contribution in [0.15, 0.2) is 18.2 Å². The SMILES string of the molecule is CC(C)CCSCCCC(=O)Nc1ccc(N)cc1Cl. The monoisotopic (exact) mass is 314 g/mol. The van der Waals surface area contributed by atoms with Crippen molar-refractivity contribution in [1.29, 1.82) is 0 Å². The number of carbonyl (C=O) groups excluding carboxylic acids is 1. The Kier molecular flexibility index (Phi) is 7.85. The van der Waals surface area contributed by atoms with Crippen LogP contribution in [0.5, 0.6) is 0 Å². The second kappa shape index (κ2) is 9.14. The summed E-state index contributed by atoms with van der Waals surface area (Å²) in [5.41, 5.74) is 6.82. The second-order valence-corrected chi connectivity index (χ2v) is 6.82. The highest BCUT2D eigenvalue weighted by Crippen LogP contribution is 2.24. The van der Waals surface area contributed by atoms with E-state index in [9.17, 15) is 4.79 Å². The number of thioether (sulfide) groups is 1. The normalized spacial score (nSPS) is 10.8. The van der Waals surface area contributed by atoms with Gasteiger partial charge in [-0.25, -0.2) is 0 Å². The van der Waals surface area contributed by atoms with Gasteiger partial charge in [0, 0.05) is 12.1 Å². The molecule has 1 rings (SSSR count). The van der Waals surface area contributed by atoms with Crippen molar-refractivity contribution in [3.05, 3.63) is 23.2 Å². The fraction of sp³-hybridized carbons (Fsp3) is 0.533. The van der Waals surface area contributed by atoms with E-state index in [2.05, 4.69) is 19.2 Å². The summed E-state index contributed by atoms with van der Waals surface area (Å²) < 4.78 is 0. The number of halogens is 1. The minimum Gasteiger partial charge on any atom is -0.399 e. The smallest absolute Gasteiger partial charge is 0.224 e. The summed E-state index contributed by atoms with van der Waals surface area (Å²) in [6, 6.07) is 5.09. The molecule has 112 valence electrons. The van der Waals surface area contributed by atoms with Crippen LogP contribution in [-0.4, -0.2) is 17.4 Å². The number of nitrogens with one attached hydrogen (secondary N) is 1. The first-order valence-corrected chi connectivity index (χ1v) is 8.45. The number of anilines is 2. The largest absolute Gasteiger partial charge is 0.399 e. The van der Waals surface area contributed by atoms with Crippen LogP contribution in [0.2, 0.25) is 5.02 Å². The molecule has 3 nitrogen and oxygen atoms in total. The molecular weight excluding hydrogens is 292 g/mol. The summed E-state index contributed by atoms with van der Waals surface area (Å²) in [5.74, 6) is 2.94. The van der Waals surface area contributed by atoms with Crippen molar-refractivity contribution in [2.75, 3.05) is 22.6 Å². The zero-order chi connectivity index (χ0) is 15.0. The first-order chi connectivity index (χ1) is 9.49. The molecule has 5 heteroatoms. The Morgan fingerprint density at radius 3 is 2.80 bits per heavy atom. The van der Waals surface area contributed by atoms with E-state index < -0.39 is 0 Å². The summed E-state index contributed by atoms with van der Waals surface area (Å²) >= 11 is 7.92. The lowest BCUT2D eigenvalue weighted by atomic mass is 10.2. The number of nitrogen functional groups attached to an aromatic ring is 1. The number of hydrogen-bond acceptors (Lipinski definition) is 3. The summed E-state index contributed by atoms with van der Waals surface area (Å²) in [6.45, 7) is 4.45. The van der Waals surface area contributed by atoms with Crippen LogP contribution in [0.1, 0.15) is 33.1 Å². The molecule has 0 aromatic heterocycles. The van der Waals surface area contributed by atoms with E-state index in [-0.39, 0.29) is 5.91 Å². The molecule has 0 bridgehead atoms. The first-order valence-electron chi connectivity index (χ1n) is 6.91. The maximum Gasteiger partial charge on any atom is 0.224 e. The van der Waals surface area contributed by atoms with Gasteiger partial charge in [0.25, 0.3) is 0 Å². The fourth-order valence-electron chi connectivity index (χ4n) is 1.60. The van der Waals surface area contributed by atoms with E-state index in [1.54, 1.807) is 18.2 Å². The van der Waals surface area contributed by atoms with Crippen LogP contribution in [-0.2, 0) is 4.79 Å². The topological polar surface area (TPSA) is 55.1 Å². The third-order valence-corrected chi connectivity index (χ3v) is 4.21. The van der Waals surface area contributed by atoms with Crippen molar-refractivity contribution in [2.45, 2.75) is 33.1 Å². The Balaban J connectivity index is 2.20. The number of benzene rings is 1. The van der Waals surface area contributed by atoms with Gasteiger partial charge in [-0.05, 0) is 48.5 Å². The molecule has 0 atom stereocenters.